The fraction of sp³-hybridized carbons (Fsp3) is 0.351. The number of phosphoric acid groups is 1. The number of non-ortho nitro benzene ring substituents is 1. The topological polar surface area (TPSA) is 192 Å². The Hall–Kier alpha value is -5.18. The molecule has 6 rings (SSSR count). The van der Waals surface area contributed by atoms with Crippen LogP contribution in [-0.2, 0) is 28.2 Å². The number of β-lactam (4-membered cyclic amide) rings is 1. The maximum atomic E-state index is 14.2. The van der Waals surface area contributed by atoms with Gasteiger partial charge < -0.3 is 28.3 Å². The first-order chi connectivity index (χ1) is 25.6. The standard InChI is InChI=1S/C29H25N2O11P.C8H15NOS/c1-17-24-23(18(2)32)27(33)30(24)25(29(35)39-28(34)19-13-15-20(16-14-19)31(36)37)26(17)42-43(38,40-21-9-5-3-6-10-21)41-22-11-7-4-8-12-22;1-9(2)8(10)6-3-4-7(11)5-6/h3-18,23-24,32H,1-2H3;6-7,11H,3-5H2,1-2H3/t17-,18-,23-,24-;6-,7+/m10/s1. The molecule has 3 aromatic carbocycles. The third-order valence-electron chi connectivity index (χ3n) is 9.13. The van der Waals surface area contributed by atoms with Crippen LogP contribution >= 0.6 is 20.5 Å². The van der Waals surface area contributed by atoms with Gasteiger partial charge in [0.05, 0.1) is 28.6 Å². The van der Waals surface area contributed by atoms with Gasteiger partial charge in [-0.05, 0) is 62.6 Å². The first kappa shape index (κ1) is 40.0. The minimum atomic E-state index is -4.64. The van der Waals surface area contributed by atoms with Gasteiger partial charge >= 0.3 is 19.8 Å². The number of nitrogens with zero attached hydrogens (tertiary/aromatic N) is 3. The van der Waals surface area contributed by atoms with E-state index in [0.717, 1.165) is 48.4 Å². The van der Waals surface area contributed by atoms with Crippen LogP contribution < -0.4 is 9.05 Å². The number of aliphatic hydroxyl groups is 1. The Morgan fingerprint density at radius 3 is 1.94 bits per heavy atom. The highest BCUT2D eigenvalue weighted by molar-refractivity contribution is 7.81. The highest BCUT2D eigenvalue weighted by Gasteiger charge is 2.62. The van der Waals surface area contributed by atoms with E-state index in [-0.39, 0.29) is 40.3 Å². The number of esters is 2. The first-order valence-corrected chi connectivity index (χ1v) is 19.0. The van der Waals surface area contributed by atoms with Crippen molar-refractivity contribution in [2.24, 2.45) is 17.8 Å². The van der Waals surface area contributed by atoms with Gasteiger partial charge in [0.1, 0.15) is 17.3 Å². The summed E-state index contributed by atoms with van der Waals surface area (Å²) < 4.78 is 36.4. The molecule has 2 heterocycles. The van der Waals surface area contributed by atoms with Crippen molar-refractivity contribution in [1.82, 2.24) is 9.80 Å². The number of fused-ring (bicyclic) bond motifs is 1. The van der Waals surface area contributed by atoms with E-state index in [9.17, 15) is 39.0 Å². The van der Waals surface area contributed by atoms with E-state index < -0.39 is 60.3 Å². The predicted molar refractivity (Wildman–Crippen MR) is 197 cm³/mol. The molecule has 1 saturated carbocycles. The molecule has 0 radical (unpaired) electrons. The molecule has 3 aliphatic rings. The van der Waals surface area contributed by atoms with Crippen LogP contribution in [0.3, 0.4) is 0 Å². The Balaban J connectivity index is 0.000000438. The molecule has 0 unspecified atom stereocenters. The number of carbonyl (C=O) groups is 4. The summed E-state index contributed by atoms with van der Waals surface area (Å²) in [5.41, 5.74) is -0.966. The van der Waals surface area contributed by atoms with Gasteiger partial charge in [0.15, 0.2) is 5.70 Å². The molecule has 2 aliphatic heterocycles. The molecule has 6 atom stereocenters. The molecule has 3 aromatic rings. The molecule has 286 valence electrons. The second kappa shape index (κ2) is 16.9. The molecule has 15 nitrogen and oxygen atoms in total. The number of benzene rings is 3. The van der Waals surface area contributed by atoms with Crippen LogP contribution in [0.25, 0.3) is 0 Å². The van der Waals surface area contributed by atoms with Crippen molar-refractivity contribution < 1.29 is 52.1 Å². The van der Waals surface area contributed by atoms with E-state index in [0.29, 0.717) is 5.25 Å². The number of nitro benzene ring substituents is 1. The first-order valence-electron chi connectivity index (χ1n) is 17.0. The van der Waals surface area contributed by atoms with Gasteiger partial charge in [-0.2, -0.15) is 17.2 Å². The van der Waals surface area contributed by atoms with E-state index in [4.69, 9.17) is 18.3 Å². The lowest BCUT2D eigenvalue weighted by Gasteiger charge is -2.46. The number of phosphoric ester groups is 1. The van der Waals surface area contributed by atoms with Crippen LogP contribution in [0.4, 0.5) is 5.69 Å². The van der Waals surface area contributed by atoms with E-state index in [2.05, 4.69) is 12.6 Å². The number of thiol groups is 1. The number of rotatable bonds is 11. The lowest BCUT2D eigenvalue weighted by Crippen LogP contribution is -2.63. The minimum Gasteiger partial charge on any atom is -0.393 e. The zero-order valence-electron chi connectivity index (χ0n) is 29.8. The van der Waals surface area contributed by atoms with Crippen LogP contribution in [0.1, 0.15) is 43.5 Å². The van der Waals surface area contributed by atoms with Crippen molar-refractivity contribution in [3.63, 3.8) is 0 Å². The van der Waals surface area contributed by atoms with Gasteiger partial charge in [0.2, 0.25) is 11.8 Å². The van der Waals surface area contributed by atoms with Crippen LogP contribution in [0.5, 0.6) is 11.5 Å². The minimum absolute atomic E-state index is 0.117. The number of aliphatic hydroxyl groups excluding tert-OH is 1. The monoisotopic (exact) mass is 781 g/mol. The molecule has 1 saturated heterocycles. The summed E-state index contributed by atoms with van der Waals surface area (Å²) in [6.07, 6.45) is 1.97. The zero-order valence-corrected chi connectivity index (χ0v) is 31.6. The Kier molecular flexibility index (Phi) is 12.5. The lowest BCUT2D eigenvalue weighted by atomic mass is 9.79. The van der Waals surface area contributed by atoms with Crippen molar-refractivity contribution in [2.75, 3.05) is 14.1 Å². The number of hydrogen-bond acceptors (Lipinski definition) is 13. The average molecular weight is 782 g/mol. The van der Waals surface area contributed by atoms with Gasteiger partial charge in [-0.3, -0.25) is 24.6 Å². The van der Waals surface area contributed by atoms with Crippen molar-refractivity contribution in [1.29, 1.82) is 0 Å². The summed E-state index contributed by atoms with van der Waals surface area (Å²) in [5, 5.41) is 21.7. The fourth-order valence-corrected chi connectivity index (χ4v) is 8.26. The van der Waals surface area contributed by atoms with E-state index in [1.165, 1.54) is 31.2 Å². The molecular formula is C37H40N3O12PS. The zero-order chi connectivity index (χ0) is 39.3. The molecule has 1 aliphatic carbocycles. The predicted octanol–water partition coefficient (Wildman–Crippen LogP) is 5.80. The summed E-state index contributed by atoms with van der Waals surface area (Å²) in [7, 11) is -1.01. The van der Waals surface area contributed by atoms with Gasteiger partial charge in [0.25, 0.3) is 5.69 Å². The maximum absolute atomic E-state index is 14.2. The number of carbonyl (C=O) groups excluding carboxylic acids is 4. The maximum Gasteiger partial charge on any atom is 0.646 e. The fourth-order valence-electron chi connectivity index (χ4n) is 6.49. The molecule has 0 spiro atoms. The number of ether oxygens (including phenoxy) is 1. The second-order valence-electron chi connectivity index (χ2n) is 13.2. The van der Waals surface area contributed by atoms with Crippen molar-refractivity contribution >= 4 is 49.9 Å². The summed E-state index contributed by atoms with van der Waals surface area (Å²) in [5.74, 6) is -4.41. The van der Waals surface area contributed by atoms with Crippen molar-refractivity contribution in [2.45, 2.75) is 50.5 Å². The van der Waals surface area contributed by atoms with Gasteiger partial charge in [-0.1, -0.05) is 43.3 Å². The summed E-state index contributed by atoms with van der Waals surface area (Å²) in [6.45, 7) is 3.01. The normalized spacial score (nSPS) is 22.1. The molecule has 54 heavy (non-hydrogen) atoms. The quantitative estimate of drug-likeness (QED) is 0.0453. The van der Waals surface area contributed by atoms with E-state index in [1.54, 1.807) is 48.2 Å². The Labute approximate surface area is 317 Å². The van der Waals surface area contributed by atoms with Crippen molar-refractivity contribution in [3.05, 3.63) is 112 Å². The summed E-state index contributed by atoms with van der Waals surface area (Å²) in [6, 6.07) is 19.5. The van der Waals surface area contributed by atoms with E-state index >= 15 is 0 Å². The van der Waals surface area contributed by atoms with Crippen LogP contribution in [-0.4, -0.2) is 75.1 Å². The SMILES string of the molecule is CN(C)C(=O)[C@H]1CC[C@@H](S)C1.C[C@@H](O)[C@H]1C(=O)N2C(C(=O)OC(=O)c3ccc([N+](=O)[O-])cc3)=C(OP(=O)(Oc3ccccc3)Oc3ccccc3)[C@H](C)[C@H]12. The number of hydrogen-bond donors (Lipinski definition) is 2. The Morgan fingerprint density at radius 1 is 0.926 bits per heavy atom. The number of nitro groups is 1. The molecule has 1 N–H and O–H groups in total. The van der Waals surface area contributed by atoms with Crippen LogP contribution in [0.2, 0.25) is 0 Å². The Bertz CT molecular complexity index is 1910. The van der Waals surface area contributed by atoms with Gasteiger partial charge in [-0.25, -0.2) is 9.59 Å². The smallest absolute Gasteiger partial charge is 0.393 e. The average Bonchev–Trinajstić information content (AvgIpc) is 3.67. The van der Waals surface area contributed by atoms with Crippen LogP contribution in [0.15, 0.2) is 96.4 Å². The van der Waals surface area contributed by atoms with Crippen LogP contribution in [0, 0.1) is 27.9 Å². The molecular weight excluding hydrogens is 741 g/mol. The molecule has 0 aromatic heterocycles. The third kappa shape index (κ3) is 8.95. The number of para-hydroxylation sites is 2. The van der Waals surface area contributed by atoms with E-state index in [1.807, 2.05) is 14.1 Å². The number of amides is 2. The highest BCUT2D eigenvalue weighted by Crippen LogP contribution is 2.57. The summed E-state index contributed by atoms with van der Waals surface area (Å²) in [4.78, 5) is 63.7. The second-order valence-corrected chi connectivity index (χ2v) is 15.4. The summed E-state index contributed by atoms with van der Waals surface area (Å²) >= 11 is 4.34. The highest BCUT2D eigenvalue weighted by atomic mass is 32.1. The van der Waals surface area contributed by atoms with Gasteiger partial charge in [0, 0.05) is 43.3 Å². The molecule has 2 fully saturated rings. The third-order valence-corrected chi connectivity index (χ3v) is 10.9. The van der Waals surface area contributed by atoms with Gasteiger partial charge in [-0.15, -0.1) is 0 Å². The molecule has 17 heteroatoms. The Morgan fingerprint density at radius 2 is 1.48 bits per heavy atom. The van der Waals surface area contributed by atoms with Crippen molar-refractivity contribution in [3.8, 4) is 11.5 Å². The lowest BCUT2D eigenvalue weighted by molar-refractivity contribution is -0.384. The largest absolute Gasteiger partial charge is 0.646 e. The molecule has 2 amide bonds. The molecule has 0 bridgehead atoms.